The van der Waals surface area contributed by atoms with Gasteiger partial charge in [0.25, 0.3) is 5.91 Å². The fourth-order valence-corrected chi connectivity index (χ4v) is 5.85. The van der Waals surface area contributed by atoms with Crippen molar-refractivity contribution in [2.45, 2.75) is 12.5 Å². The summed E-state index contributed by atoms with van der Waals surface area (Å²) >= 11 is 7.26. The second-order valence-corrected chi connectivity index (χ2v) is 11.4. The minimum Gasteiger partial charge on any atom is -0.326 e. The maximum atomic E-state index is 12.9. The zero-order chi connectivity index (χ0) is 25.4. The van der Waals surface area contributed by atoms with Crippen LogP contribution in [0.2, 0.25) is 5.15 Å². The summed E-state index contributed by atoms with van der Waals surface area (Å²) in [4.78, 5) is 35.8. The van der Waals surface area contributed by atoms with E-state index >= 15 is 0 Å². The molecule has 0 saturated carbocycles. The summed E-state index contributed by atoms with van der Waals surface area (Å²) in [6, 6.07) is 12.4. The van der Waals surface area contributed by atoms with Crippen LogP contribution in [-0.2, 0) is 14.8 Å². The van der Waals surface area contributed by atoms with Crippen molar-refractivity contribution in [3.8, 4) is 22.4 Å². The number of hydrogen-bond acceptors (Lipinski definition) is 7. The maximum Gasteiger partial charge on any atom is 0.256 e. The van der Waals surface area contributed by atoms with Crippen LogP contribution >= 0.6 is 22.9 Å². The number of thiazole rings is 1. The van der Waals surface area contributed by atoms with Crippen LogP contribution in [0.3, 0.4) is 0 Å². The number of likely N-dealkylation sites (tertiary alicyclic amines) is 1. The summed E-state index contributed by atoms with van der Waals surface area (Å²) in [5.41, 5.74) is 3.81. The van der Waals surface area contributed by atoms with E-state index in [0.29, 0.717) is 18.1 Å². The second kappa shape index (κ2) is 9.49. The van der Waals surface area contributed by atoms with Gasteiger partial charge in [0.15, 0.2) is 5.13 Å². The molecule has 4 aromatic rings. The molecule has 1 aliphatic heterocycles. The summed E-state index contributed by atoms with van der Waals surface area (Å²) < 4.78 is 24.4. The van der Waals surface area contributed by atoms with Crippen molar-refractivity contribution < 1.29 is 18.0 Å². The Labute approximate surface area is 216 Å². The molecule has 184 valence electrons. The normalized spacial score (nSPS) is 15.4. The highest BCUT2D eigenvalue weighted by molar-refractivity contribution is 7.89. The molecule has 0 spiro atoms. The van der Waals surface area contributed by atoms with Crippen LogP contribution in [0.1, 0.15) is 16.8 Å². The van der Waals surface area contributed by atoms with Crippen LogP contribution in [0, 0.1) is 0 Å². The van der Waals surface area contributed by atoms with Crippen molar-refractivity contribution in [2.75, 3.05) is 18.1 Å². The Balaban J connectivity index is 1.28. The molecule has 1 fully saturated rings. The largest absolute Gasteiger partial charge is 0.326 e. The van der Waals surface area contributed by atoms with E-state index < -0.39 is 22.0 Å². The number of nitrogens with one attached hydrogen (secondary N) is 1. The van der Waals surface area contributed by atoms with Crippen LogP contribution in [0.25, 0.3) is 22.4 Å². The highest BCUT2D eigenvalue weighted by atomic mass is 35.5. The molecule has 12 heteroatoms. The number of halogens is 1. The number of pyridine rings is 1. The van der Waals surface area contributed by atoms with Gasteiger partial charge in [0.2, 0.25) is 15.9 Å². The molecule has 0 aliphatic carbocycles. The molecule has 1 N–H and O–H groups in total. The van der Waals surface area contributed by atoms with Crippen molar-refractivity contribution in [2.24, 2.45) is 0 Å². The number of hydrogen-bond donors (Lipinski definition) is 1. The molecule has 1 unspecified atom stereocenters. The lowest BCUT2D eigenvalue weighted by Gasteiger charge is -2.39. The highest BCUT2D eigenvalue weighted by Crippen LogP contribution is 2.30. The molecule has 0 bridgehead atoms. The number of carbonyl (C=O) groups is 2. The van der Waals surface area contributed by atoms with Gasteiger partial charge in [0, 0.05) is 36.1 Å². The lowest BCUT2D eigenvalue weighted by molar-refractivity contribution is -0.123. The first-order valence-corrected chi connectivity index (χ1v) is 14.0. The molecular formula is C24H20ClN5O4S2. The van der Waals surface area contributed by atoms with E-state index in [1.807, 2.05) is 41.8 Å². The lowest BCUT2D eigenvalue weighted by Crippen LogP contribution is -2.56. The summed E-state index contributed by atoms with van der Waals surface area (Å²) in [7, 11) is -3.65. The Morgan fingerprint density at radius 1 is 1.11 bits per heavy atom. The molecule has 5 rings (SSSR count). The average Bonchev–Trinajstić information content (AvgIpc) is 3.45. The van der Waals surface area contributed by atoms with E-state index in [1.165, 1.54) is 28.5 Å². The van der Waals surface area contributed by atoms with Crippen molar-refractivity contribution in [3.05, 3.63) is 77.2 Å². The maximum absolute atomic E-state index is 12.9. The van der Waals surface area contributed by atoms with E-state index in [4.69, 9.17) is 11.6 Å². The van der Waals surface area contributed by atoms with Gasteiger partial charge in [0.1, 0.15) is 11.2 Å². The fourth-order valence-electron chi connectivity index (χ4n) is 3.91. The smallest absolute Gasteiger partial charge is 0.256 e. The first-order chi connectivity index (χ1) is 17.2. The molecule has 36 heavy (non-hydrogen) atoms. The SMILES string of the molecule is CS(=O)(=O)n1cc(C(=O)N2CCC2C(=O)Nc2nc(-c3cccc(-c4ccncc4)c3)cs2)cc1Cl. The molecule has 1 saturated heterocycles. The predicted octanol–water partition coefficient (Wildman–Crippen LogP) is 3.99. The number of aromatic nitrogens is 3. The van der Waals surface area contributed by atoms with Gasteiger partial charge >= 0.3 is 0 Å². The number of anilines is 1. The summed E-state index contributed by atoms with van der Waals surface area (Å²) in [6.45, 7) is 0.378. The molecule has 2 amide bonds. The summed E-state index contributed by atoms with van der Waals surface area (Å²) in [5, 5.41) is 4.99. The molecule has 0 radical (unpaired) electrons. The molecular weight excluding hydrogens is 522 g/mol. The van der Waals surface area contributed by atoms with Crippen molar-refractivity contribution in [3.63, 3.8) is 0 Å². The third-order valence-corrected chi connectivity index (χ3v) is 8.00. The number of rotatable bonds is 6. The number of amides is 2. The van der Waals surface area contributed by atoms with Gasteiger partial charge in [-0.25, -0.2) is 17.4 Å². The average molecular weight is 542 g/mol. The zero-order valence-electron chi connectivity index (χ0n) is 19.0. The Hall–Kier alpha value is -3.54. The van der Waals surface area contributed by atoms with Gasteiger partial charge in [-0.05, 0) is 41.8 Å². The minimum absolute atomic E-state index is 0.0920. The summed E-state index contributed by atoms with van der Waals surface area (Å²) in [6.07, 6.45) is 6.13. The van der Waals surface area contributed by atoms with Gasteiger partial charge in [-0.3, -0.25) is 14.6 Å². The van der Waals surface area contributed by atoms with Crippen LogP contribution in [0.4, 0.5) is 5.13 Å². The summed E-state index contributed by atoms with van der Waals surface area (Å²) in [5.74, 6) is -0.812. The Bertz CT molecular complexity index is 1570. The minimum atomic E-state index is -3.65. The Morgan fingerprint density at radius 3 is 2.53 bits per heavy atom. The number of benzene rings is 1. The fraction of sp³-hybridized carbons (Fsp3) is 0.167. The van der Waals surface area contributed by atoms with Crippen molar-refractivity contribution in [1.82, 2.24) is 18.8 Å². The molecule has 9 nitrogen and oxygen atoms in total. The third-order valence-electron chi connectivity index (χ3n) is 5.84. The van der Waals surface area contributed by atoms with Gasteiger partial charge in [-0.15, -0.1) is 11.3 Å². The molecule has 3 aromatic heterocycles. The van der Waals surface area contributed by atoms with E-state index in [2.05, 4.69) is 15.3 Å². The van der Waals surface area contributed by atoms with Crippen LogP contribution in [0.5, 0.6) is 0 Å². The second-order valence-electron chi connectivity index (χ2n) is 8.26. The quantitative estimate of drug-likeness (QED) is 0.395. The number of carbonyl (C=O) groups excluding carboxylic acids is 2. The van der Waals surface area contributed by atoms with E-state index in [-0.39, 0.29) is 16.6 Å². The Morgan fingerprint density at radius 2 is 1.86 bits per heavy atom. The third kappa shape index (κ3) is 4.77. The lowest BCUT2D eigenvalue weighted by atomic mass is 10.0. The Kier molecular flexibility index (Phi) is 6.37. The van der Waals surface area contributed by atoms with E-state index in [1.54, 1.807) is 12.4 Å². The topological polar surface area (TPSA) is 114 Å². The van der Waals surface area contributed by atoms with Gasteiger partial charge < -0.3 is 10.2 Å². The monoisotopic (exact) mass is 541 g/mol. The molecule has 4 heterocycles. The first-order valence-electron chi connectivity index (χ1n) is 10.9. The molecule has 1 aliphatic rings. The first kappa shape index (κ1) is 24.2. The van der Waals surface area contributed by atoms with Crippen molar-refractivity contribution in [1.29, 1.82) is 0 Å². The van der Waals surface area contributed by atoms with E-state index in [9.17, 15) is 18.0 Å². The van der Waals surface area contributed by atoms with Gasteiger partial charge in [-0.1, -0.05) is 29.8 Å². The van der Waals surface area contributed by atoms with Gasteiger partial charge in [-0.2, -0.15) is 0 Å². The van der Waals surface area contributed by atoms with Crippen LogP contribution in [-0.4, -0.2) is 57.9 Å². The van der Waals surface area contributed by atoms with Crippen LogP contribution < -0.4 is 5.32 Å². The highest BCUT2D eigenvalue weighted by Gasteiger charge is 2.39. The molecule has 1 aromatic carbocycles. The molecule has 1 atom stereocenters. The van der Waals surface area contributed by atoms with E-state index in [0.717, 1.165) is 32.6 Å². The zero-order valence-corrected chi connectivity index (χ0v) is 21.3. The van der Waals surface area contributed by atoms with Crippen molar-refractivity contribution >= 4 is 49.9 Å². The predicted molar refractivity (Wildman–Crippen MR) is 139 cm³/mol. The number of nitrogens with zero attached hydrogens (tertiary/aromatic N) is 4. The van der Waals surface area contributed by atoms with Crippen LogP contribution in [0.15, 0.2) is 66.4 Å². The standard InChI is InChI=1S/C24H20ClN5O4S2/c1-36(33,34)30-13-18(12-21(30)25)23(32)29-10-7-20(29)22(31)28-24-27-19(14-35-24)17-4-2-3-16(11-17)15-5-8-26-9-6-15/h2-6,8-9,11-14,20H,7,10H2,1H3,(H,27,28,31). The van der Waals surface area contributed by atoms with Gasteiger partial charge in [0.05, 0.1) is 17.5 Å².